The number of benzene rings is 1. The van der Waals surface area contributed by atoms with E-state index < -0.39 is 41.7 Å². The van der Waals surface area contributed by atoms with E-state index in [-0.39, 0.29) is 23.7 Å². The average Bonchev–Trinajstić information content (AvgIpc) is 2.78. The molecule has 1 aromatic rings. The van der Waals surface area contributed by atoms with Gasteiger partial charge in [-0.2, -0.15) is 13.2 Å². The topological polar surface area (TPSA) is 77.0 Å². The number of carbonyl (C=O) groups is 1. The number of carboxylic acid groups (broad SMARTS) is 1. The largest absolute Gasteiger partial charge is 0.494 e. The summed E-state index contributed by atoms with van der Waals surface area (Å²) in [5.74, 6) is -0.477. The van der Waals surface area contributed by atoms with Crippen LogP contribution in [-0.2, 0) is 15.5 Å². The zero-order chi connectivity index (χ0) is 23.8. The van der Waals surface area contributed by atoms with Gasteiger partial charge in [0.1, 0.15) is 5.75 Å². The SMILES string of the molecule is C[C@H](COc1ccc(B2OC(C)(C)C(C)(C)O2)cc1C(F)(F)F)CC(C)(C)NC(=O)O. The molecule has 10 heteroatoms. The average molecular weight is 445 g/mol. The highest BCUT2D eigenvalue weighted by atomic mass is 19.4. The molecule has 0 bridgehead atoms. The van der Waals surface area contributed by atoms with Gasteiger partial charge < -0.3 is 24.5 Å². The molecule has 31 heavy (non-hydrogen) atoms. The Morgan fingerprint density at radius 3 is 2.23 bits per heavy atom. The molecule has 2 N–H and O–H groups in total. The summed E-state index contributed by atoms with van der Waals surface area (Å²) in [5.41, 5.74) is -2.72. The predicted octanol–water partition coefficient (Wildman–Crippen LogP) is 4.46. The van der Waals surface area contributed by atoms with Crippen LogP contribution in [0.4, 0.5) is 18.0 Å². The number of ether oxygens (including phenoxy) is 1. The van der Waals surface area contributed by atoms with Gasteiger partial charge in [0.25, 0.3) is 0 Å². The Morgan fingerprint density at radius 2 is 1.74 bits per heavy atom. The molecule has 2 rings (SSSR count). The summed E-state index contributed by atoms with van der Waals surface area (Å²) in [6.07, 6.45) is -5.38. The fourth-order valence-corrected chi connectivity index (χ4v) is 3.52. The maximum atomic E-state index is 13.7. The summed E-state index contributed by atoms with van der Waals surface area (Å²) in [6.45, 7) is 12.5. The van der Waals surface area contributed by atoms with Crippen molar-refractivity contribution in [2.75, 3.05) is 6.61 Å². The Morgan fingerprint density at radius 1 is 1.19 bits per heavy atom. The van der Waals surface area contributed by atoms with E-state index in [0.717, 1.165) is 6.07 Å². The van der Waals surface area contributed by atoms with Crippen molar-refractivity contribution in [2.45, 2.75) is 77.8 Å². The predicted molar refractivity (Wildman–Crippen MR) is 112 cm³/mol. The second-order valence-corrected chi connectivity index (χ2v) is 9.78. The molecule has 1 amide bonds. The molecule has 1 aliphatic heterocycles. The van der Waals surface area contributed by atoms with Gasteiger partial charge in [-0.15, -0.1) is 0 Å². The lowest BCUT2D eigenvalue weighted by Crippen LogP contribution is -2.44. The van der Waals surface area contributed by atoms with Gasteiger partial charge in [-0.3, -0.25) is 0 Å². The van der Waals surface area contributed by atoms with Gasteiger partial charge in [0.15, 0.2) is 0 Å². The second-order valence-electron chi connectivity index (χ2n) is 9.78. The van der Waals surface area contributed by atoms with Crippen molar-refractivity contribution in [2.24, 2.45) is 5.92 Å². The maximum absolute atomic E-state index is 13.7. The zero-order valence-corrected chi connectivity index (χ0v) is 19.0. The van der Waals surface area contributed by atoms with Crippen LogP contribution in [0.1, 0.15) is 60.5 Å². The van der Waals surface area contributed by atoms with E-state index in [1.54, 1.807) is 20.8 Å². The number of alkyl halides is 3. The third kappa shape index (κ3) is 6.29. The van der Waals surface area contributed by atoms with Crippen molar-refractivity contribution >= 4 is 18.7 Å². The first kappa shape index (κ1) is 25.3. The number of rotatable bonds is 7. The molecule has 1 heterocycles. The molecule has 0 spiro atoms. The Balaban J connectivity index is 2.17. The first-order valence-electron chi connectivity index (χ1n) is 10.1. The minimum Gasteiger partial charge on any atom is -0.493 e. The highest BCUT2D eigenvalue weighted by Crippen LogP contribution is 2.39. The monoisotopic (exact) mass is 445 g/mol. The fraction of sp³-hybridized carbons (Fsp3) is 0.667. The Bertz CT molecular complexity index is 795. The van der Waals surface area contributed by atoms with E-state index in [2.05, 4.69) is 5.32 Å². The highest BCUT2D eigenvalue weighted by molar-refractivity contribution is 6.62. The molecule has 1 aromatic carbocycles. The Labute approximate surface area is 181 Å². The molecule has 0 aliphatic carbocycles. The van der Waals surface area contributed by atoms with Crippen molar-refractivity contribution in [1.82, 2.24) is 5.32 Å². The number of hydrogen-bond donors (Lipinski definition) is 2. The van der Waals surface area contributed by atoms with Crippen LogP contribution in [0.3, 0.4) is 0 Å². The van der Waals surface area contributed by atoms with Gasteiger partial charge >= 0.3 is 19.4 Å². The summed E-state index contributed by atoms with van der Waals surface area (Å²) in [4.78, 5) is 10.9. The van der Waals surface area contributed by atoms with E-state index >= 15 is 0 Å². The van der Waals surface area contributed by atoms with Crippen LogP contribution in [-0.4, -0.2) is 41.7 Å². The van der Waals surface area contributed by atoms with Crippen LogP contribution in [0.25, 0.3) is 0 Å². The lowest BCUT2D eigenvalue weighted by atomic mass is 9.78. The first-order chi connectivity index (χ1) is 13.9. The molecule has 1 saturated heterocycles. The van der Waals surface area contributed by atoms with Crippen molar-refractivity contribution in [1.29, 1.82) is 0 Å². The lowest BCUT2D eigenvalue weighted by molar-refractivity contribution is -0.139. The van der Waals surface area contributed by atoms with Crippen LogP contribution in [0, 0.1) is 5.92 Å². The van der Waals surface area contributed by atoms with Crippen molar-refractivity contribution in [3.63, 3.8) is 0 Å². The standard InChI is InChI=1S/C21H31BF3NO5/c1-13(11-18(2,3)26-17(27)28)12-29-16-9-8-14(10-15(16)21(23,24)25)22-30-19(4,5)20(6,7)31-22/h8-10,13,26H,11-12H2,1-7H3,(H,27,28)/t13-/m0/s1. The Hall–Kier alpha value is -1.94. The summed E-state index contributed by atoms with van der Waals surface area (Å²) in [5, 5.41) is 11.3. The van der Waals surface area contributed by atoms with Crippen LogP contribution in [0.2, 0.25) is 0 Å². The molecule has 0 radical (unpaired) electrons. The van der Waals surface area contributed by atoms with Crippen molar-refractivity contribution in [3.05, 3.63) is 23.8 Å². The molecule has 1 atom stereocenters. The molecule has 1 fully saturated rings. The van der Waals surface area contributed by atoms with E-state index in [0.29, 0.717) is 6.42 Å². The third-order valence-corrected chi connectivity index (χ3v) is 5.66. The van der Waals surface area contributed by atoms with Crippen molar-refractivity contribution in [3.8, 4) is 5.75 Å². The first-order valence-corrected chi connectivity index (χ1v) is 10.1. The quantitative estimate of drug-likeness (QED) is 0.607. The molecule has 0 unspecified atom stereocenters. The molecule has 0 saturated carbocycles. The number of hydrogen-bond acceptors (Lipinski definition) is 4. The second kappa shape index (κ2) is 8.54. The van der Waals surface area contributed by atoms with Crippen molar-refractivity contribution < 1.29 is 37.1 Å². The summed E-state index contributed by atoms with van der Waals surface area (Å²) in [7, 11) is -0.915. The fourth-order valence-electron chi connectivity index (χ4n) is 3.52. The van der Waals surface area contributed by atoms with Gasteiger partial charge in [0.2, 0.25) is 0 Å². The normalized spacial score (nSPS) is 19.2. The third-order valence-electron chi connectivity index (χ3n) is 5.66. The summed E-state index contributed by atoms with van der Waals surface area (Å²) in [6, 6.07) is 3.78. The summed E-state index contributed by atoms with van der Waals surface area (Å²) < 4.78 is 58.4. The molecule has 1 aliphatic rings. The molecular formula is C21H31BF3NO5. The Kier molecular flexibility index (Phi) is 6.98. The smallest absolute Gasteiger partial charge is 0.493 e. The van der Waals surface area contributed by atoms with Gasteiger partial charge in [-0.05, 0) is 71.5 Å². The van der Waals surface area contributed by atoms with E-state index in [1.807, 2.05) is 27.7 Å². The lowest BCUT2D eigenvalue weighted by Gasteiger charge is -2.32. The number of halogens is 3. The van der Waals surface area contributed by atoms with Crippen LogP contribution in [0.15, 0.2) is 18.2 Å². The maximum Gasteiger partial charge on any atom is 0.494 e. The number of amides is 1. The molecular weight excluding hydrogens is 414 g/mol. The van der Waals surface area contributed by atoms with Crippen LogP contribution >= 0.6 is 0 Å². The minimum absolute atomic E-state index is 0.00362. The highest BCUT2D eigenvalue weighted by Gasteiger charge is 2.52. The van der Waals surface area contributed by atoms with Gasteiger partial charge in [0.05, 0.1) is 23.4 Å². The minimum atomic E-state index is -4.62. The zero-order valence-electron chi connectivity index (χ0n) is 19.0. The van der Waals surface area contributed by atoms with Crippen LogP contribution in [0.5, 0.6) is 5.75 Å². The summed E-state index contributed by atoms with van der Waals surface area (Å²) >= 11 is 0. The number of nitrogens with one attached hydrogen (secondary N) is 1. The molecule has 0 aromatic heterocycles. The van der Waals surface area contributed by atoms with E-state index in [4.69, 9.17) is 19.2 Å². The molecule has 6 nitrogen and oxygen atoms in total. The van der Waals surface area contributed by atoms with Gasteiger partial charge in [-0.25, -0.2) is 4.79 Å². The molecule has 174 valence electrons. The van der Waals surface area contributed by atoms with E-state index in [9.17, 15) is 18.0 Å². The van der Waals surface area contributed by atoms with E-state index in [1.165, 1.54) is 12.1 Å². The van der Waals surface area contributed by atoms with Gasteiger partial charge in [-0.1, -0.05) is 13.0 Å². The van der Waals surface area contributed by atoms with Crippen LogP contribution < -0.4 is 15.5 Å². The van der Waals surface area contributed by atoms with Gasteiger partial charge in [0, 0.05) is 5.54 Å².